The molecule has 16 nitrogen and oxygen atoms in total. The van der Waals surface area contributed by atoms with Crippen LogP contribution in [0.5, 0.6) is 5.75 Å². The summed E-state index contributed by atoms with van der Waals surface area (Å²) in [7, 11) is 1.56. The largest absolute Gasteiger partial charge is 0.494 e. The summed E-state index contributed by atoms with van der Waals surface area (Å²) in [5.74, 6) is -0.868. The van der Waals surface area contributed by atoms with Gasteiger partial charge in [0.15, 0.2) is 0 Å². The van der Waals surface area contributed by atoms with Crippen LogP contribution in [-0.4, -0.2) is 123 Å². The second-order valence-electron chi connectivity index (χ2n) is 17.7. The molecule has 5 aromatic rings. The summed E-state index contributed by atoms with van der Waals surface area (Å²) < 4.78 is 5.68. The molecular weight excluding hydrogens is 833 g/mol. The van der Waals surface area contributed by atoms with Gasteiger partial charge in [0.1, 0.15) is 23.5 Å². The standard InChI is InChI=1S/C47H58N10O6S/c1-28(55-19-21-56(22-20-55)33-15-16-37(40(24-33)63-7)52-44(60)38-10-8-9-35(51-38)36-17-18-49-54-36)23-41(59)53-43(47(4,5)6)46(62)57-26-34(58)25-39(57)45(61)50-29(2)31-11-13-32(14-12-31)42-30(3)48-27-64-42/h8-18,24,27-29,34,39,43,58H,19-23,25-26H2,1-7H3,(H,49,54)(H,50,61)(H,52,60)(H,53,59)/t28-,29-,34+,39-,43+/m0/s1. The number of piperazine rings is 1. The Kier molecular flexibility index (Phi) is 14.1. The number of anilines is 2. The summed E-state index contributed by atoms with van der Waals surface area (Å²) in [6.07, 6.45) is 1.04. The van der Waals surface area contributed by atoms with Crippen molar-refractivity contribution in [2.75, 3.05) is 50.1 Å². The number of pyridine rings is 1. The fraction of sp³-hybridized carbons (Fsp3) is 0.426. The molecule has 338 valence electrons. The molecule has 2 saturated heterocycles. The molecule has 5 heterocycles. The predicted molar refractivity (Wildman–Crippen MR) is 247 cm³/mol. The minimum Gasteiger partial charge on any atom is -0.494 e. The Labute approximate surface area is 377 Å². The van der Waals surface area contributed by atoms with Crippen molar-refractivity contribution in [2.45, 2.75) is 84.7 Å². The van der Waals surface area contributed by atoms with Crippen LogP contribution in [0.3, 0.4) is 0 Å². The predicted octanol–water partition coefficient (Wildman–Crippen LogP) is 5.44. The molecule has 3 aromatic heterocycles. The number of hydrogen-bond acceptors (Lipinski definition) is 12. The zero-order valence-corrected chi connectivity index (χ0v) is 38.2. The van der Waals surface area contributed by atoms with E-state index in [1.165, 1.54) is 4.90 Å². The monoisotopic (exact) mass is 890 g/mol. The molecule has 17 heteroatoms. The molecule has 64 heavy (non-hydrogen) atoms. The summed E-state index contributed by atoms with van der Waals surface area (Å²) >= 11 is 1.58. The first-order valence-electron chi connectivity index (χ1n) is 21.6. The van der Waals surface area contributed by atoms with Gasteiger partial charge in [0.25, 0.3) is 5.91 Å². The number of aryl methyl sites for hydroxylation is 1. The van der Waals surface area contributed by atoms with Crippen LogP contribution >= 0.6 is 11.3 Å². The molecule has 2 aliphatic heterocycles. The number of methoxy groups -OCH3 is 1. The minimum atomic E-state index is -0.920. The molecule has 0 bridgehead atoms. The highest BCUT2D eigenvalue weighted by atomic mass is 32.1. The van der Waals surface area contributed by atoms with Gasteiger partial charge >= 0.3 is 0 Å². The minimum absolute atomic E-state index is 0.000207. The van der Waals surface area contributed by atoms with Gasteiger partial charge in [-0.25, -0.2) is 9.97 Å². The Morgan fingerprint density at radius 1 is 0.984 bits per heavy atom. The molecule has 0 unspecified atom stereocenters. The average molecular weight is 891 g/mol. The van der Waals surface area contributed by atoms with E-state index < -0.39 is 29.5 Å². The van der Waals surface area contributed by atoms with Crippen LogP contribution in [-0.2, 0) is 14.4 Å². The van der Waals surface area contributed by atoms with E-state index >= 15 is 0 Å². The highest BCUT2D eigenvalue weighted by Gasteiger charge is 2.45. The third kappa shape index (κ3) is 10.6. The number of rotatable bonds is 14. The molecule has 5 N–H and O–H groups in total. The smallest absolute Gasteiger partial charge is 0.274 e. The zero-order chi connectivity index (χ0) is 45.7. The van der Waals surface area contributed by atoms with Crippen molar-refractivity contribution in [2.24, 2.45) is 5.41 Å². The summed E-state index contributed by atoms with van der Waals surface area (Å²) in [6, 6.07) is 18.4. The van der Waals surface area contributed by atoms with Crippen LogP contribution in [0, 0.1) is 12.3 Å². The topological polar surface area (TPSA) is 198 Å². The molecule has 0 spiro atoms. The number of ether oxygens (including phenoxy) is 1. The third-order valence-corrected chi connectivity index (χ3v) is 13.0. The van der Waals surface area contributed by atoms with Crippen molar-refractivity contribution in [3.05, 3.63) is 95.4 Å². The quantitative estimate of drug-likeness (QED) is 0.0953. The number of aliphatic hydroxyl groups is 1. The molecule has 4 amide bonds. The van der Waals surface area contributed by atoms with E-state index in [-0.39, 0.29) is 54.9 Å². The van der Waals surface area contributed by atoms with Gasteiger partial charge in [-0.2, -0.15) is 5.10 Å². The maximum atomic E-state index is 14.3. The molecular formula is C47H58N10O6S. The number of thiazole rings is 1. The van der Waals surface area contributed by atoms with Crippen molar-refractivity contribution in [1.82, 2.24) is 40.6 Å². The number of carbonyl (C=O) groups excluding carboxylic acids is 4. The van der Waals surface area contributed by atoms with E-state index in [2.05, 4.69) is 45.9 Å². The maximum Gasteiger partial charge on any atom is 0.274 e. The second kappa shape index (κ2) is 19.7. The van der Waals surface area contributed by atoms with Crippen LogP contribution in [0.1, 0.15) is 75.2 Å². The van der Waals surface area contributed by atoms with E-state index in [4.69, 9.17) is 4.74 Å². The Balaban J connectivity index is 0.915. The number of likely N-dealkylation sites (tertiary alicyclic amines) is 1. The lowest BCUT2D eigenvalue weighted by Gasteiger charge is -2.39. The Morgan fingerprint density at radius 3 is 2.39 bits per heavy atom. The SMILES string of the molecule is COc1cc(N2CCN([C@@H](C)CC(=O)N[C@H](C(=O)N3C[C@H](O)C[C@H]3C(=O)N[C@@H](C)c3ccc(-c4scnc4C)cc3)C(C)(C)C)CC2)ccc1NC(=O)c1cccc(-c2ccn[nH]2)n1. The number of β-amino-alcohol motifs (C(OH)–C–C–N with tert-alkyl or cyclic N) is 1. The first-order valence-corrected chi connectivity index (χ1v) is 22.5. The van der Waals surface area contributed by atoms with Gasteiger partial charge in [-0.15, -0.1) is 11.3 Å². The van der Waals surface area contributed by atoms with Crippen molar-refractivity contribution in [3.8, 4) is 27.6 Å². The highest BCUT2D eigenvalue weighted by Crippen LogP contribution is 2.32. The van der Waals surface area contributed by atoms with Crippen molar-refractivity contribution < 1.29 is 29.0 Å². The second-order valence-corrected chi connectivity index (χ2v) is 18.5. The Bertz CT molecular complexity index is 2430. The molecule has 7 rings (SSSR count). The first-order chi connectivity index (χ1) is 30.6. The number of amides is 4. The van der Waals surface area contributed by atoms with Crippen LogP contribution in [0.15, 0.2) is 78.4 Å². The molecule has 2 aliphatic rings. The summed E-state index contributed by atoms with van der Waals surface area (Å²) in [5, 5.41) is 26.5. The van der Waals surface area contributed by atoms with E-state index in [0.29, 0.717) is 49.0 Å². The van der Waals surface area contributed by atoms with Gasteiger partial charge in [-0.1, -0.05) is 51.1 Å². The maximum absolute atomic E-state index is 14.3. The van der Waals surface area contributed by atoms with E-state index in [0.717, 1.165) is 27.4 Å². The number of aliphatic hydroxyl groups excluding tert-OH is 1. The number of aromatic nitrogens is 4. The zero-order valence-electron chi connectivity index (χ0n) is 37.4. The lowest BCUT2D eigenvalue weighted by atomic mass is 9.85. The van der Waals surface area contributed by atoms with E-state index in [1.807, 2.05) is 89.5 Å². The molecule has 0 radical (unpaired) electrons. The van der Waals surface area contributed by atoms with Crippen molar-refractivity contribution in [3.63, 3.8) is 0 Å². The first kappa shape index (κ1) is 45.8. The van der Waals surface area contributed by atoms with Crippen LogP contribution in [0.4, 0.5) is 11.4 Å². The number of aromatic amines is 1. The summed E-state index contributed by atoms with van der Waals surface area (Å²) in [5.41, 5.74) is 7.10. The number of benzene rings is 2. The van der Waals surface area contributed by atoms with Gasteiger partial charge in [0.2, 0.25) is 17.7 Å². The van der Waals surface area contributed by atoms with Gasteiger partial charge in [0, 0.05) is 69.6 Å². The average Bonchev–Trinajstić information content (AvgIpc) is 4.07. The molecule has 2 aromatic carbocycles. The summed E-state index contributed by atoms with van der Waals surface area (Å²) in [4.78, 5) is 70.7. The lowest BCUT2D eigenvalue weighted by Crippen LogP contribution is -2.58. The number of nitrogens with zero attached hydrogens (tertiary/aromatic N) is 6. The van der Waals surface area contributed by atoms with Gasteiger partial charge in [-0.3, -0.25) is 29.2 Å². The van der Waals surface area contributed by atoms with Gasteiger partial charge in [0.05, 0.1) is 52.4 Å². The normalized spacial score (nSPS) is 18.2. The van der Waals surface area contributed by atoms with E-state index in [1.54, 1.807) is 48.9 Å². The number of H-pyrrole nitrogens is 1. The third-order valence-electron chi connectivity index (χ3n) is 12.0. The van der Waals surface area contributed by atoms with Gasteiger partial charge < -0.3 is 35.6 Å². The fourth-order valence-corrected chi connectivity index (χ4v) is 9.14. The van der Waals surface area contributed by atoms with Crippen LogP contribution in [0.2, 0.25) is 0 Å². The molecule has 5 atom stereocenters. The number of hydrogen-bond donors (Lipinski definition) is 5. The van der Waals surface area contributed by atoms with Crippen LogP contribution < -0.4 is 25.6 Å². The molecule has 0 saturated carbocycles. The molecule has 2 fully saturated rings. The summed E-state index contributed by atoms with van der Waals surface area (Å²) in [6.45, 7) is 14.3. The van der Waals surface area contributed by atoms with Crippen molar-refractivity contribution >= 4 is 46.3 Å². The Morgan fingerprint density at radius 2 is 1.73 bits per heavy atom. The Hall–Kier alpha value is -6.17. The van der Waals surface area contributed by atoms with E-state index in [9.17, 15) is 24.3 Å². The van der Waals surface area contributed by atoms with Crippen molar-refractivity contribution in [1.29, 1.82) is 0 Å². The molecule has 0 aliphatic carbocycles. The van der Waals surface area contributed by atoms with Crippen LogP contribution in [0.25, 0.3) is 21.8 Å². The highest BCUT2D eigenvalue weighted by molar-refractivity contribution is 7.13. The van der Waals surface area contributed by atoms with Gasteiger partial charge in [-0.05, 0) is 67.6 Å². The number of carbonyl (C=O) groups is 4. The number of nitrogens with one attached hydrogen (secondary N) is 4. The lowest BCUT2D eigenvalue weighted by molar-refractivity contribution is -0.144. The fourth-order valence-electron chi connectivity index (χ4n) is 8.33.